The Morgan fingerprint density at radius 1 is 1.18 bits per heavy atom. The summed E-state index contributed by atoms with van der Waals surface area (Å²) in [6, 6.07) is 10.4. The number of benzene rings is 2. The number of aryl methyl sites for hydroxylation is 1. The molecule has 0 radical (unpaired) electrons. The molecule has 0 saturated heterocycles. The van der Waals surface area contributed by atoms with Crippen LogP contribution in [0.4, 0.5) is 5.69 Å². The fourth-order valence-corrected chi connectivity index (χ4v) is 3.95. The number of hydrogen-bond donors (Lipinski definition) is 0. The predicted molar refractivity (Wildman–Crippen MR) is 72.8 cm³/mol. The van der Waals surface area contributed by atoms with Crippen LogP contribution in [0.25, 0.3) is 10.8 Å². The lowest BCUT2D eigenvalue weighted by molar-refractivity contribution is 0.682. The molecule has 2 aromatic carbocycles. The molecule has 0 saturated carbocycles. The molecule has 17 heavy (non-hydrogen) atoms. The standard InChI is InChI=1S/C14H15NOS/c1-3-10-8-9-13-14-11(10)6-5-7-12(14)15(4-2)17(13)16/h5-9H,3-4H2,1-2H3. The Hall–Kier alpha value is -1.35. The van der Waals surface area contributed by atoms with Gasteiger partial charge in [-0.05, 0) is 36.4 Å². The second-order valence-electron chi connectivity index (χ2n) is 4.22. The first kappa shape index (κ1) is 10.8. The van der Waals surface area contributed by atoms with Crippen LogP contribution in [-0.4, -0.2) is 10.8 Å². The van der Waals surface area contributed by atoms with Gasteiger partial charge in [-0.15, -0.1) is 0 Å². The van der Waals surface area contributed by atoms with Crippen molar-refractivity contribution in [3.05, 3.63) is 35.9 Å². The Kier molecular flexibility index (Phi) is 2.44. The van der Waals surface area contributed by atoms with Crippen LogP contribution in [0.5, 0.6) is 0 Å². The van der Waals surface area contributed by atoms with Crippen molar-refractivity contribution in [1.29, 1.82) is 0 Å². The van der Waals surface area contributed by atoms with E-state index in [0.717, 1.165) is 23.5 Å². The lowest BCUT2D eigenvalue weighted by Crippen LogP contribution is -2.20. The van der Waals surface area contributed by atoms with E-state index < -0.39 is 11.0 Å². The lowest BCUT2D eigenvalue weighted by Gasteiger charge is -2.14. The summed E-state index contributed by atoms with van der Waals surface area (Å²) in [5.74, 6) is 0. The Morgan fingerprint density at radius 2 is 2.00 bits per heavy atom. The average Bonchev–Trinajstić information content (AvgIpc) is 2.65. The second-order valence-corrected chi connectivity index (χ2v) is 5.60. The van der Waals surface area contributed by atoms with E-state index in [4.69, 9.17) is 0 Å². The van der Waals surface area contributed by atoms with Crippen molar-refractivity contribution in [2.24, 2.45) is 0 Å². The monoisotopic (exact) mass is 245 g/mol. The molecule has 0 amide bonds. The Labute approximate surface area is 104 Å². The molecule has 1 aliphatic heterocycles. The predicted octanol–water partition coefficient (Wildman–Crippen LogP) is 3.26. The van der Waals surface area contributed by atoms with Gasteiger partial charge >= 0.3 is 0 Å². The lowest BCUT2D eigenvalue weighted by atomic mass is 10.0. The molecule has 2 aromatic rings. The zero-order chi connectivity index (χ0) is 12.0. The zero-order valence-corrected chi connectivity index (χ0v) is 10.9. The molecule has 3 rings (SSSR count). The summed E-state index contributed by atoms with van der Waals surface area (Å²) in [5.41, 5.74) is 2.45. The topological polar surface area (TPSA) is 20.3 Å². The van der Waals surface area contributed by atoms with E-state index in [2.05, 4.69) is 31.2 Å². The van der Waals surface area contributed by atoms with Crippen molar-refractivity contribution in [2.45, 2.75) is 25.2 Å². The molecule has 0 fully saturated rings. The van der Waals surface area contributed by atoms with Crippen molar-refractivity contribution in [1.82, 2.24) is 0 Å². The first-order valence-corrected chi connectivity index (χ1v) is 7.12. The van der Waals surface area contributed by atoms with Gasteiger partial charge in [0.15, 0.2) is 11.0 Å². The first-order valence-electron chi connectivity index (χ1n) is 6.02. The number of hydrogen-bond acceptors (Lipinski definition) is 1. The van der Waals surface area contributed by atoms with Gasteiger partial charge in [0.1, 0.15) is 0 Å². The smallest absolute Gasteiger partial charge is 0.153 e. The van der Waals surface area contributed by atoms with Crippen LogP contribution in [0, 0.1) is 0 Å². The average molecular weight is 245 g/mol. The summed E-state index contributed by atoms with van der Waals surface area (Å²) in [6.07, 6.45) is 1.01. The molecule has 1 aliphatic rings. The van der Waals surface area contributed by atoms with Crippen LogP contribution >= 0.6 is 0 Å². The highest BCUT2D eigenvalue weighted by Crippen LogP contribution is 2.41. The van der Waals surface area contributed by atoms with E-state index in [1.165, 1.54) is 16.3 Å². The Bertz CT molecular complexity index is 621. The third-order valence-corrected chi connectivity index (χ3v) is 4.97. The summed E-state index contributed by atoms with van der Waals surface area (Å²) >= 11 is 0. The van der Waals surface area contributed by atoms with Gasteiger partial charge in [-0.2, -0.15) is 0 Å². The third kappa shape index (κ3) is 1.35. The van der Waals surface area contributed by atoms with E-state index in [-0.39, 0.29) is 0 Å². The van der Waals surface area contributed by atoms with Gasteiger partial charge < -0.3 is 0 Å². The molecule has 1 unspecified atom stereocenters. The van der Waals surface area contributed by atoms with Crippen LogP contribution in [0.15, 0.2) is 35.2 Å². The molecule has 0 spiro atoms. The summed E-state index contributed by atoms with van der Waals surface area (Å²) < 4.78 is 14.3. The quantitative estimate of drug-likeness (QED) is 0.795. The highest BCUT2D eigenvalue weighted by atomic mass is 32.2. The minimum absolute atomic E-state index is 0.780. The zero-order valence-electron chi connectivity index (χ0n) is 10.1. The molecule has 0 N–H and O–H groups in total. The summed E-state index contributed by atoms with van der Waals surface area (Å²) in [4.78, 5) is 0.967. The molecular weight excluding hydrogens is 230 g/mol. The van der Waals surface area contributed by atoms with Gasteiger partial charge in [0, 0.05) is 11.9 Å². The van der Waals surface area contributed by atoms with Gasteiger partial charge in [-0.1, -0.05) is 25.1 Å². The number of anilines is 1. The van der Waals surface area contributed by atoms with Gasteiger partial charge in [0.25, 0.3) is 0 Å². The van der Waals surface area contributed by atoms with Gasteiger partial charge in [0.05, 0.1) is 10.6 Å². The van der Waals surface area contributed by atoms with Crippen molar-refractivity contribution in [2.75, 3.05) is 10.8 Å². The Balaban J connectivity index is 2.42. The van der Waals surface area contributed by atoms with E-state index in [1.807, 2.05) is 17.3 Å². The van der Waals surface area contributed by atoms with E-state index in [1.54, 1.807) is 0 Å². The largest absolute Gasteiger partial charge is 0.287 e. The summed E-state index contributed by atoms with van der Waals surface area (Å²) in [7, 11) is -1.02. The highest BCUT2D eigenvalue weighted by Gasteiger charge is 2.27. The number of rotatable bonds is 2. The summed E-state index contributed by atoms with van der Waals surface area (Å²) in [6.45, 7) is 4.98. The normalized spacial score (nSPS) is 18.0. The van der Waals surface area contributed by atoms with Gasteiger partial charge in [0.2, 0.25) is 0 Å². The van der Waals surface area contributed by atoms with Crippen molar-refractivity contribution in [3.63, 3.8) is 0 Å². The molecule has 2 nitrogen and oxygen atoms in total. The minimum Gasteiger partial charge on any atom is -0.287 e. The maximum Gasteiger partial charge on any atom is 0.153 e. The molecule has 1 heterocycles. The van der Waals surface area contributed by atoms with E-state index >= 15 is 0 Å². The van der Waals surface area contributed by atoms with E-state index in [9.17, 15) is 4.21 Å². The van der Waals surface area contributed by atoms with Gasteiger partial charge in [-0.25, -0.2) is 4.21 Å². The highest BCUT2D eigenvalue weighted by molar-refractivity contribution is 7.87. The minimum atomic E-state index is -1.02. The molecule has 88 valence electrons. The second kappa shape index (κ2) is 3.84. The molecule has 1 atom stereocenters. The molecule has 3 heteroatoms. The van der Waals surface area contributed by atoms with Crippen molar-refractivity contribution >= 4 is 27.4 Å². The molecular formula is C14H15NOS. The van der Waals surface area contributed by atoms with E-state index in [0.29, 0.717) is 0 Å². The van der Waals surface area contributed by atoms with Crippen LogP contribution in [0.1, 0.15) is 19.4 Å². The maximum absolute atomic E-state index is 12.3. The Morgan fingerprint density at radius 3 is 2.71 bits per heavy atom. The van der Waals surface area contributed by atoms with Crippen LogP contribution < -0.4 is 4.31 Å². The number of nitrogens with zero attached hydrogens (tertiary/aromatic N) is 1. The fraction of sp³-hybridized carbons (Fsp3) is 0.286. The maximum atomic E-state index is 12.3. The third-order valence-electron chi connectivity index (χ3n) is 3.40. The van der Waals surface area contributed by atoms with Gasteiger partial charge in [-0.3, -0.25) is 4.31 Å². The van der Waals surface area contributed by atoms with Crippen LogP contribution in [0.2, 0.25) is 0 Å². The van der Waals surface area contributed by atoms with Crippen molar-refractivity contribution in [3.8, 4) is 0 Å². The van der Waals surface area contributed by atoms with Crippen LogP contribution in [0.3, 0.4) is 0 Å². The van der Waals surface area contributed by atoms with Crippen LogP contribution in [-0.2, 0) is 17.4 Å². The fourth-order valence-electron chi connectivity index (χ4n) is 2.57. The molecule has 0 bridgehead atoms. The SMILES string of the molecule is CCc1ccc2c3c(cccc13)N(CC)S2=O. The molecule has 0 aromatic heterocycles. The first-order chi connectivity index (χ1) is 8.27. The summed E-state index contributed by atoms with van der Waals surface area (Å²) in [5, 5.41) is 2.44. The van der Waals surface area contributed by atoms with Crippen molar-refractivity contribution < 1.29 is 4.21 Å². The molecule has 0 aliphatic carbocycles.